The summed E-state index contributed by atoms with van der Waals surface area (Å²) in [6.45, 7) is 4.82. The Morgan fingerprint density at radius 3 is 2.70 bits per heavy atom. The van der Waals surface area contributed by atoms with Crippen molar-refractivity contribution in [1.29, 1.82) is 0 Å². The topological polar surface area (TPSA) is 42.7 Å². The van der Waals surface area contributed by atoms with E-state index in [0.717, 1.165) is 27.9 Å². The Balaban J connectivity index is 1.70. The lowest BCUT2D eigenvalue weighted by Crippen LogP contribution is -2.26. The van der Waals surface area contributed by atoms with E-state index in [-0.39, 0.29) is 5.91 Å². The van der Waals surface area contributed by atoms with Crippen molar-refractivity contribution in [3.05, 3.63) is 52.4 Å². The SMILES string of the molecule is Cc1ccc(CN(C)C(=O)CCCOc2ccc(Cl)c(C)c2)o1. The Morgan fingerprint density at radius 2 is 2.04 bits per heavy atom. The van der Waals surface area contributed by atoms with Crippen LogP contribution in [0.1, 0.15) is 29.9 Å². The molecule has 23 heavy (non-hydrogen) atoms. The monoisotopic (exact) mass is 335 g/mol. The van der Waals surface area contributed by atoms with Crippen molar-refractivity contribution in [2.75, 3.05) is 13.7 Å². The summed E-state index contributed by atoms with van der Waals surface area (Å²) in [5.74, 6) is 2.51. The van der Waals surface area contributed by atoms with Crippen LogP contribution in [-0.2, 0) is 11.3 Å². The number of nitrogens with zero attached hydrogens (tertiary/aromatic N) is 1. The molecule has 0 spiro atoms. The maximum Gasteiger partial charge on any atom is 0.222 e. The zero-order chi connectivity index (χ0) is 16.8. The van der Waals surface area contributed by atoms with Crippen LogP contribution in [0.5, 0.6) is 5.75 Å². The van der Waals surface area contributed by atoms with Gasteiger partial charge in [0.2, 0.25) is 5.91 Å². The van der Waals surface area contributed by atoms with Gasteiger partial charge in [-0.2, -0.15) is 0 Å². The van der Waals surface area contributed by atoms with Crippen LogP contribution >= 0.6 is 11.6 Å². The van der Waals surface area contributed by atoms with E-state index in [2.05, 4.69) is 0 Å². The van der Waals surface area contributed by atoms with E-state index in [1.54, 1.807) is 11.9 Å². The minimum Gasteiger partial charge on any atom is -0.494 e. The highest BCUT2D eigenvalue weighted by atomic mass is 35.5. The van der Waals surface area contributed by atoms with Crippen LogP contribution in [-0.4, -0.2) is 24.5 Å². The van der Waals surface area contributed by atoms with Crippen LogP contribution in [0.2, 0.25) is 5.02 Å². The third-order valence-electron chi connectivity index (χ3n) is 3.55. The fourth-order valence-corrected chi connectivity index (χ4v) is 2.32. The van der Waals surface area contributed by atoms with E-state index in [9.17, 15) is 4.79 Å². The predicted molar refractivity (Wildman–Crippen MR) is 90.8 cm³/mol. The van der Waals surface area contributed by atoms with Gasteiger partial charge in [0.15, 0.2) is 0 Å². The summed E-state index contributed by atoms with van der Waals surface area (Å²) in [4.78, 5) is 13.7. The third kappa shape index (κ3) is 5.32. The average molecular weight is 336 g/mol. The van der Waals surface area contributed by atoms with Crippen molar-refractivity contribution in [2.45, 2.75) is 33.2 Å². The molecule has 0 atom stereocenters. The molecule has 1 aromatic heterocycles. The second kappa shape index (κ2) is 8.06. The first-order valence-electron chi connectivity index (χ1n) is 7.64. The lowest BCUT2D eigenvalue weighted by atomic mass is 10.2. The number of furan rings is 1. The van der Waals surface area contributed by atoms with Gasteiger partial charge in [-0.05, 0) is 56.2 Å². The van der Waals surface area contributed by atoms with E-state index >= 15 is 0 Å². The molecule has 2 rings (SSSR count). The van der Waals surface area contributed by atoms with Crippen LogP contribution in [0.4, 0.5) is 0 Å². The summed E-state index contributed by atoms with van der Waals surface area (Å²) in [6, 6.07) is 9.34. The van der Waals surface area contributed by atoms with Crippen LogP contribution in [0, 0.1) is 13.8 Å². The molecule has 5 heteroatoms. The summed E-state index contributed by atoms with van der Waals surface area (Å²) in [7, 11) is 1.78. The molecule has 124 valence electrons. The molecule has 2 aromatic rings. The lowest BCUT2D eigenvalue weighted by molar-refractivity contribution is -0.130. The summed E-state index contributed by atoms with van der Waals surface area (Å²) in [5, 5.41) is 0.724. The standard InChI is InChI=1S/C18H22ClNO3/c1-13-11-15(8-9-17(13)19)22-10-4-5-18(21)20(3)12-16-7-6-14(2)23-16/h6-9,11H,4-5,10,12H2,1-3H3. The van der Waals surface area contributed by atoms with E-state index in [1.165, 1.54) is 0 Å². The second-order valence-electron chi connectivity index (χ2n) is 5.63. The molecule has 1 heterocycles. The van der Waals surface area contributed by atoms with Gasteiger partial charge in [-0.15, -0.1) is 0 Å². The van der Waals surface area contributed by atoms with Crippen molar-refractivity contribution < 1.29 is 13.9 Å². The van der Waals surface area contributed by atoms with Gasteiger partial charge in [0.25, 0.3) is 0 Å². The number of carbonyl (C=O) groups excluding carboxylic acids is 1. The fourth-order valence-electron chi connectivity index (χ4n) is 2.20. The molecule has 1 aromatic carbocycles. The molecular formula is C18H22ClNO3. The Labute approximate surface area is 142 Å². The number of hydrogen-bond donors (Lipinski definition) is 0. The highest BCUT2D eigenvalue weighted by Gasteiger charge is 2.11. The van der Waals surface area contributed by atoms with Crippen LogP contribution in [0.25, 0.3) is 0 Å². The second-order valence-corrected chi connectivity index (χ2v) is 6.03. The number of hydrogen-bond acceptors (Lipinski definition) is 3. The van der Waals surface area contributed by atoms with Crippen molar-refractivity contribution in [1.82, 2.24) is 4.90 Å². The Kier molecular flexibility index (Phi) is 6.11. The molecule has 1 amide bonds. The van der Waals surface area contributed by atoms with E-state index < -0.39 is 0 Å². The number of amides is 1. The highest BCUT2D eigenvalue weighted by molar-refractivity contribution is 6.31. The fraction of sp³-hybridized carbons (Fsp3) is 0.389. The summed E-state index contributed by atoms with van der Waals surface area (Å²) < 4.78 is 11.1. The summed E-state index contributed by atoms with van der Waals surface area (Å²) >= 11 is 5.97. The van der Waals surface area contributed by atoms with Gasteiger partial charge in [0.05, 0.1) is 13.2 Å². The van der Waals surface area contributed by atoms with Gasteiger partial charge in [-0.25, -0.2) is 0 Å². The smallest absolute Gasteiger partial charge is 0.222 e. The van der Waals surface area contributed by atoms with Gasteiger partial charge in [-0.1, -0.05) is 11.6 Å². The first-order chi connectivity index (χ1) is 11.0. The maximum atomic E-state index is 12.1. The number of halogens is 1. The van der Waals surface area contributed by atoms with Gasteiger partial charge in [-0.3, -0.25) is 4.79 Å². The molecule has 0 aliphatic carbocycles. The number of aryl methyl sites for hydroxylation is 2. The van der Waals surface area contributed by atoms with E-state index in [1.807, 2.05) is 44.2 Å². The molecule has 0 aliphatic heterocycles. The van der Waals surface area contributed by atoms with Crippen LogP contribution in [0.3, 0.4) is 0 Å². The molecule has 0 radical (unpaired) electrons. The molecule has 0 unspecified atom stereocenters. The zero-order valence-electron chi connectivity index (χ0n) is 13.8. The highest BCUT2D eigenvalue weighted by Crippen LogP contribution is 2.21. The lowest BCUT2D eigenvalue weighted by Gasteiger charge is -2.15. The first kappa shape index (κ1) is 17.4. The first-order valence-corrected chi connectivity index (χ1v) is 8.01. The summed E-state index contributed by atoms with van der Waals surface area (Å²) in [6.07, 6.45) is 1.12. The molecule has 0 saturated heterocycles. The van der Waals surface area contributed by atoms with Crippen molar-refractivity contribution in [2.24, 2.45) is 0 Å². The van der Waals surface area contributed by atoms with E-state index in [4.69, 9.17) is 20.8 Å². The Hall–Kier alpha value is -1.94. The molecule has 0 aliphatic rings. The predicted octanol–water partition coefficient (Wildman–Crippen LogP) is 4.37. The molecular weight excluding hydrogens is 314 g/mol. The third-order valence-corrected chi connectivity index (χ3v) is 3.97. The number of benzene rings is 1. The minimum absolute atomic E-state index is 0.0786. The van der Waals surface area contributed by atoms with Gasteiger partial charge < -0.3 is 14.1 Å². The molecule has 0 saturated carbocycles. The molecule has 0 bridgehead atoms. The van der Waals surface area contributed by atoms with Crippen molar-refractivity contribution in [3.63, 3.8) is 0 Å². The van der Waals surface area contributed by atoms with Crippen LogP contribution < -0.4 is 4.74 Å². The van der Waals surface area contributed by atoms with Crippen molar-refractivity contribution >= 4 is 17.5 Å². The normalized spacial score (nSPS) is 10.6. The number of rotatable bonds is 7. The quantitative estimate of drug-likeness (QED) is 0.706. The van der Waals surface area contributed by atoms with Gasteiger partial charge in [0.1, 0.15) is 17.3 Å². The molecule has 4 nitrogen and oxygen atoms in total. The number of carbonyl (C=O) groups is 1. The molecule has 0 N–H and O–H groups in total. The maximum absolute atomic E-state index is 12.1. The molecule has 0 fully saturated rings. The zero-order valence-corrected chi connectivity index (χ0v) is 14.5. The summed E-state index contributed by atoms with van der Waals surface area (Å²) in [5.41, 5.74) is 0.980. The average Bonchev–Trinajstić information content (AvgIpc) is 2.92. The van der Waals surface area contributed by atoms with Crippen molar-refractivity contribution in [3.8, 4) is 5.75 Å². The van der Waals surface area contributed by atoms with Gasteiger partial charge in [0, 0.05) is 18.5 Å². The minimum atomic E-state index is 0.0786. The number of ether oxygens (including phenoxy) is 1. The van der Waals surface area contributed by atoms with Gasteiger partial charge >= 0.3 is 0 Å². The Morgan fingerprint density at radius 1 is 1.26 bits per heavy atom. The largest absolute Gasteiger partial charge is 0.494 e. The Bertz CT molecular complexity index is 666. The van der Waals surface area contributed by atoms with E-state index in [0.29, 0.717) is 26.0 Å². The van der Waals surface area contributed by atoms with Crippen LogP contribution in [0.15, 0.2) is 34.7 Å².